The summed E-state index contributed by atoms with van der Waals surface area (Å²) in [6.07, 6.45) is 1.81. The molecule has 0 unspecified atom stereocenters. The number of benzene rings is 1. The van der Waals surface area contributed by atoms with Crippen LogP contribution in [0.5, 0.6) is 0 Å². The number of carbonyl (C=O) groups is 1. The molecule has 0 saturated carbocycles. The highest BCUT2D eigenvalue weighted by molar-refractivity contribution is 7.15. The number of nitrogens with zero attached hydrogens (tertiary/aromatic N) is 2. The molecule has 0 aliphatic heterocycles. The molecule has 2 aromatic rings. The Balaban J connectivity index is 1.96. The van der Waals surface area contributed by atoms with E-state index in [1.54, 1.807) is 0 Å². The van der Waals surface area contributed by atoms with Crippen LogP contribution in [0.2, 0.25) is 0 Å². The van der Waals surface area contributed by atoms with Crippen molar-refractivity contribution in [2.45, 2.75) is 46.6 Å². The molecule has 24 heavy (non-hydrogen) atoms. The fraction of sp³-hybridized carbons (Fsp3) is 0.444. The number of urea groups is 1. The van der Waals surface area contributed by atoms with Crippen molar-refractivity contribution in [2.75, 3.05) is 22.1 Å². The van der Waals surface area contributed by atoms with E-state index in [0.717, 1.165) is 22.8 Å². The Bertz CT molecular complexity index is 664. The van der Waals surface area contributed by atoms with E-state index in [1.165, 1.54) is 11.3 Å². The molecular formula is C18H26N4OS. The SMILES string of the molecule is CCN(c1ccc(NC(=O)Nc2ncc(C(C)C)s2)cc1)C(C)C. The summed E-state index contributed by atoms with van der Waals surface area (Å²) in [5, 5.41) is 6.24. The summed E-state index contributed by atoms with van der Waals surface area (Å²) in [6, 6.07) is 8.06. The van der Waals surface area contributed by atoms with Gasteiger partial charge in [-0.1, -0.05) is 13.8 Å². The lowest BCUT2D eigenvalue weighted by atomic mass is 10.2. The largest absolute Gasteiger partial charge is 0.369 e. The van der Waals surface area contributed by atoms with Crippen LogP contribution in [0.3, 0.4) is 0 Å². The van der Waals surface area contributed by atoms with Gasteiger partial charge in [-0.2, -0.15) is 0 Å². The van der Waals surface area contributed by atoms with Crippen molar-refractivity contribution >= 4 is 33.9 Å². The number of amides is 2. The van der Waals surface area contributed by atoms with Crippen molar-refractivity contribution in [3.05, 3.63) is 35.3 Å². The summed E-state index contributed by atoms with van der Waals surface area (Å²) in [6.45, 7) is 11.6. The van der Waals surface area contributed by atoms with Crippen LogP contribution in [-0.2, 0) is 0 Å². The maximum absolute atomic E-state index is 12.1. The van der Waals surface area contributed by atoms with Crippen LogP contribution in [0.4, 0.5) is 21.3 Å². The van der Waals surface area contributed by atoms with Crippen LogP contribution in [0, 0.1) is 0 Å². The molecule has 0 bridgehead atoms. The van der Waals surface area contributed by atoms with Crippen LogP contribution >= 0.6 is 11.3 Å². The quantitative estimate of drug-likeness (QED) is 0.761. The van der Waals surface area contributed by atoms with Gasteiger partial charge in [0.05, 0.1) is 0 Å². The maximum atomic E-state index is 12.1. The number of nitrogens with one attached hydrogen (secondary N) is 2. The third kappa shape index (κ3) is 4.71. The zero-order valence-electron chi connectivity index (χ0n) is 15.0. The number of carbonyl (C=O) groups excluding carboxylic acids is 1. The Labute approximate surface area is 148 Å². The van der Waals surface area contributed by atoms with Crippen molar-refractivity contribution in [1.29, 1.82) is 0 Å². The molecule has 0 aliphatic carbocycles. The Morgan fingerprint density at radius 1 is 1.17 bits per heavy atom. The van der Waals surface area contributed by atoms with E-state index in [1.807, 2.05) is 30.5 Å². The first-order chi connectivity index (χ1) is 11.4. The number of anilines is 3. The lowest BCUT2D eigenvalue weighted by Crippen LogP contribution is -2.30. The maximum Gasteiger partial charge on any atom is 0.325 e. The minimum Gasteiger partial charge on any atom is -0.369 e. The summed E-state index contributed by atoms with van der Waals surface area (Å²) in [7, 11) is 0. The van der Waals surface area contributed by atoms with E-state index >= 15 is 0 Å². The zero-order chi connectivity index (χ0) is 17.7. The first-order valence-electron chi connectivity index (χ1n) is 8.31. The lowest BCUT2D eigenvalue weighted by molar-refractivity contribution is 0.262. The van der Waals surface area contributed by atoms with Crippen molar-refractivity contribution in [1.82, 2.24) is 4.98 Å². The molecule has 1 aromatic heterocycles. The fourth-order valence-corrected chi connectivity index (χ4v) is 3.27. The average molecular weight is 347 g/mol. The van der Waals surface area contributed by atoms with Gasteiger partial charge in [-0.3, -0.25) is 5.32 Å². The van der Waals surface area contributed by atoms with Gasteiger partial charge in [0.1, 0.15) is 0 Å². The number of aromatic nitrogens is 1. The Morgan fingerprint density at radius 3 is 2.33 bits per heavy atom. The van der Waals surface area contributed by atoms with Gasteiger partial charge >= 0.3 is 6.03 Å². The van der Waals surface area contributed by atoms with E-state index in [4.69, 9.17) is 0 Å². The molecule has 1 aromatic carbocycles. The van der Waals surface area contributed by atoms with E-state index in [9.17, 15) is 4.79 Å². The highest BCUT2D eigenvalue weighted by Crippen LogP contribution is 2.25. The molecule has 130 valence electrons. The predicted molar refractivity (Wildman–Crippen MR) is 103 cm³/mol. The van der Waals surface area contributed by atoms with E-state index in [0.29, 0.717) is 17.1 Å². The molecule has 6 heteroatoms. The van der Waals surface area contributed by atoms with Crippen molar-refractivity contribution in [3.63, 3.8) is 0 Å². The second-order valence-electron chi connectivity index (χ2n) is 6.23. The Hall–Kier alpha value is -2.08. The van der Waals surface area contributed by atoms with Gasteiger partial charge in [0, 0.05) is 35.0 Å². The molecule has 0 radical (unpaired) electrons. The molecule has 0 spiro atoms. The summed E-state index contributed by atoms with van der Waals surface area (Å²) in [4.78, 5) is 19.8. The summed E-state index contributed by atoms with van der Waals surface area (Å²) >= 11 is 1.50. The van der Waals surface area contributed by atoms with E-state index in [2.05, 4.69) is 55.1 Å². The Kier molecular flexibility index (Phi) is 6.20. The molecular weight excluding hydrogens is 320 g/mol. The molecule has 0 saturated heterocycles. The van der Waals surface area contributed by atoms with Gasteiger partial charge in [-0.15, -0.1) is 11.3 Å². The number of hydrogen-bond donors (Lipinski definition) is 2. The van der Waals surface area contributed by atoms with Crippen LogP contribution in [0.15, 0.2) is 30.5 Å². The van der Waals surface area contributed by atoms with Gasteiger partial charge in [-0.25, -0.2) is 9.78 Å². The highest BCUT2D eigenvalue weighted by atomic mass is 32.1. The van der Waals surface area contributed by atoms with E-state index < -0.39 is 0 Å². The Morgan fingerprint density at radius 2 is 1.83 bits per heavy atom. The summed E-state index contributed by atoms with van der Waals surface area (Å²) in [5.41, 5.74) is 1.91. The zero-order valence-corrected chi connectivity index (χ0v) is 15.8. The van der Waals surface area contributed by atoms with Gasteiger partial charge in [-0.05, 0) is 51.0 Å². The molecule has 0 atom stereocenters. The minimum atomic E-state index is -0.274. The minimum absolute atomic E-state index is 0.274. The lowest BCUT2D eigenvalue weighted by Gasteiger charge is -2.27. The molecule has 1 heterocycles. The van der Waals surface area contributed by atoms with Crippen LogP contribution < -0.4 is 15.5 Å². The topological polar surface area (TPSA) is 57.3 Å². The van der Waals surface area contributed by atoms with Gasteiger partial charge in [0.15, 0.2) is 5.13 Å². The predicted octanol–water partition coefficient (Wildman–Crippen LogP) is 5.15. The van der Waals surface area contributed by atoms with Crippen molar-refractivity contribution < 1.29 is 4.79 Å². The van der Waals surface area contributed by atoms with Gasteiger partial charge in [0.25, 0.3) is 0 Å². The standard InChI is InChI=1S/C18H26N4OS/c1-6-22(13(4)5)15-9-7-14(8-10-15)20-17(23)21-18-19-11-16(24-18)12(2)3/h7-13H,6H2,1-5H3,(H2,19,20,21,23). The van der Waals surface area contributed by atoms with Crippen LogP contribution in [0.25, 0.3) is 0 Å². The van der Waals surface area contributed by atoms with Crippen molar-refractivity contribution in [3.8, 4) is 0 Å². The molecule has 5 nitrogen and oxygen atoms in total. The summed E-state index contributed by atoms with van der Waals surface area (Å²) < 4.78 is 0. The van der Waals surface area contributed by atoms with Crippen molar-refractivity contribution in [2.24, 2.45) is 0 Å². The average Bonchev–Trinajstić information content (AvgIpc) is 2.98. The van der Waals surface area contributed by atoms with E-state index in [-0.39, 0.29) is 6.03 Å². The third-order valence-electron chi connectivity index (χ3n) is 3.73. The first-order valence-corrected chi connectivity index (χ1v) is 9.12. The van der Waals surface area contributed by atoms with Gasteiger partial charge in [0.2, 0.25) is 0 Å². The van der Waals surface area contributed by atoms with Crippen LogP contribution in [0.1, 0.15) is 45.4 Å². The number of hydrogen-bond acceptors (Lipinski definition) is 4. The smallest absolute Gasteiger partial charge is 0.325 e. The number of thiazole rings is 1. The highest BCUT2D eigenvalue weighted by Gasteiger charge is 2.10. The fourth-order valence-electron chi connectivity index (χ4n) is 2.45. The van der Waals surface area contributed by atoms with Crippen LogP contribution in [-0.4, -0.2) is 23.6 Å². The number of rotatable bonds is 6. The first kappa shape index (κ1) is 18.3. The molecule has 0 aliphatic rings. The normalized spacial score (nSPS) is 11.0. The molecule has 2 N–H and O–H groups in total. The van der Waals surface area contributed by atoms with Gasteiger partial charge < -0.3 is 10.2 Å². The molecule has 2 rings (SSSR count). The third-order valence-corrected chi connectivity index (χ3v) is 4.95. The molecule has 2 amide bonds. The second-order valence-corrected chi connectivity index (χ2v) is 7.29. The summed E-state index contributed by atoms with van der Waals surface area (Å²) in [5.74, 6) is 0.413. The molecule has 0 fully saturated rings. The second kappa shape index (κ2) is 8.15. The monoisotopic (exact) mass is 346 g/mol.